The molecule has 4 atom stereocenters. The SMILES string of the molecule is C[C@H]1[C@@H](c2ccc(F)cc2C2CC2)[C@H](C(N)=O)O[C@@]1(C)C(F)(F)F. The van der Waals surface area contributed by atoms with E-state index in [1.54, 1.807) is 0 Å². The minimum absolute atomic E-state index is 0.120. The third kappa shape index (κ3) is 2.59. The first-order chi connectivity index (χ1) is 11.1. The van der Waals surface area contributed by atoms with E-state index in [9.17, 15) is 22.4 Å². The van der Waals surface area contributed by atoms with E-state index in [0.717, 1.165) is 19.8 Å². The normalized spacial score (nSPS) is 33.7. The number of alkyl halides is 3. The maximum Gasteiger partial charge on any atom is 0.417 e. The number of amides is 1. The predicted octanol–water partition coefficient (Wildman–Crippen LogP) is 3.63. The zero-order chi connectivity index (χ0) is 17.9. The molecule has 2 N–H and O–H groups in total. The zero-order valence-electron chi connectivity index (χ0n) is 13.4. The Hall–Kier alpha value is -1.63. The van der Waals surface area contributed by atoms with Gasteiger partial charge in [0.1, 0.15) is 11.9 Å². The average Bonchev–Trinajstić information content (AvgIpc) is 3.26. The lowest BCUT2D eigenvalue weighted by Gasteiger charge is -2.32. The van der Waals surface area contributed by atoms with E-state index in [0.29, 0.717) is 11.1 Å². The van der Waals surface area contributed by atoms with Crippen molar-refractivity contribution in [1.29, 1.82) is 0 Å². The molecule has 3 nitrogen and oxygen atoms in total. The molecule has 1 amide bonds. The van der Waals surface area contributed by atoms with Crippen LogP contribution in [0.2, 0.25) is 0 Å². The number of benzene rings is 1. The minimum Gasteiger partial charge on any atom is -0.367 e. The van der Waals surface area contributed by atoms with Gasteiger partial charge in [-0.2, -0.15) is 13.2 Å². The minimum atomic E-state index is -4.64. The summed E-state index contributed by atoms with van der Waals surface area (Å²) >= 11 is 0. The Bertz CT molecular complexity index is 671. The van der Waals surface area contributed by atoms with E-state index >= 15 is 0 Å². The first-order valence-corrected chi connectivity index (χ1v) is 7.89. The van der Waals surface area contributed by atoms with Crippen molar-refractivity contribution >= 4 is 5.91 Å². The molecule has 2 aliphatic rings. The average molecular weight is 345 g/mol. The van der Waals surface area contributed by atoms with E-state index in [2.05, 4.69) is 0 Å². The Balaban J connectivity index is 2.10. The highest BCUT2D eigenvalue weighted by atomic mass is 19.4. The molecule has 3 rings (SSSR count). The van der Waals surface area contributed by atoms with Crippen molar-refractivity contribution in [1.82, 2.24) is 0 Å². The number of halogens is 4. The second kappa shape index (κ2) is 5.44. The predicted molar refractivity (Wildman–Crippen MR) is 78.8 cm³/mol. The second-order valence-electron chi connectivity index (χ2n) is 6.91. The number of rotatable bonds is 3. The number of ether oxygens (including phenoxy) is 1. The molecule has 132 valence electrons. The highest BCUT2D eigenvalue weighted by Gasteiger charge is 2.65. The summed E-state index contributed by atoms with van der Waals surface area (Å²) in [4.78, 5) is 11.8. The van der Waals surface area contributed by atoms with Crippen LogP contribution in [0.15, 0.2) is 18.2 Å². The van der Waals surface area contributed by atoms with Gasteiger partial charge in [-0.3, -0.25) is 4.79 Å². The molecule has 1 aromatic rings. The van der Waals surface area contributed by atoms with Crippen LogP contribution < -0.4 is 5.73 Å². The molecule has 1 saturated heterocycles. The molecule has 24 heavy (non-hydrogen) atoms. The van der Waals surface area contributed by atoms with Crippen LogP contribution in [0.4, 0.5) is 17.6 Å². The van der Waals surface area contributed by atoms with Crippen molar-refractivity contribution in [3.05, 3.63) is 35.1 Å². The molecular weight excluding hydrogens is 326 g/mol. The lowest BCUT2D eigenvalue weighted by atomic mass is 9.75. The van der Waals surface area contributed by atoms with Crippen molar-refractivity contribution in [2.45, 2.75) is 56.4 Å². The number of nitrogens with two attached hydrogens (primary N) is 1. The van der Waals surface area contributed by atoms with Gasteiger partial charge in [-0.25, -0.2) is 4.39 Å². The molecule has 1 aliphatic heterocycles. The van der Waals surface area contributed by atoms with Gasteiger partial charge in [0, 0.05) is 11.8 Å². The van der Waals surface area contributed by atoms with Gasteiger partial charge >= 0.3 is 6.18 Å². The molecule has 0 unspecified atom stereocenters. The molecule has 1 saturated carbocycles. The largest absolute Gasteiger partial charge is 0.417 e. The maximum atomic E-state index is 13.6. The lowest BCUT2D eigenvalue weighted by molar-refractivity contribution is -0.272. The summed E-state index contributed by atoms with van der Waals surface area (Å²) in [5.74, 6) is -3.15. The molecular formula is C17H19F4NO2. The van der Waals surface area contributed by atoms with Gasteiger partial charge in [0.2, 0.25) is 5.91 Å². The molecule has 7 heteroatoms. The van der Waals surface area contributed by atoms with E-state index in [-0.39, 0.29) is 5.92 Å². The summed E-state index contributed by atoms with van der Waals surface area (Å²) < 4.78 is 59.3. The standard InChI is InChI=1S/C17H19F4NO2/c1-8-13(11-6-5-10(18)7-12(11)9-3-4-9)14(15(22)23)24-16(8,2)17(19,20)21/h5-9,13-14H,3-4H2,1-2H3,(H2,22,23)/t8-,13-,14+,16+/m0/s1. The Morgan fingerprint density at radius 1 is 1.29 bits per heavy atom. The zero-order valence-corrected chi connectivity index (χ0v) is 13.4. The fraction of sp³-hybridized carbons (Fsp3) is 0.588. The van der Waals surface area contributed by atoms with Crippen LogP contribution in [0.5, 0.6) is 0 Å². The smallest absolute Gasteiger partial charge is 0.367 e. The first kappa shape index (κ1) is 17.2. The van der Waals surface area contributed by atoms with Gasteiger partial charge in [-0.1, -0.05) is 13.0 Å². The van der Waals surface area contributed by atoms with Crippen LogP contribution in [-0.2, 0) is 9.53 Å². The number of hydrogen-bond donors (Lipinski definition) is 1. The summed E-state index contributed by atoms with van der Waals surface area (Å²) in [6, 6.07) is 4.02. The van der Waals surface area contributed by atoms with E-state index < -0.39 is 41.4 Å². The quantitative estimate of drug-likeness (QED) is 0.851. The van der Waals surface area contributed by atoms with Crippen LogP contribution in [0.1, 0.15) is 49.7 Å². The number of hydrogen-bond acceptors (Lipinski definition) is 2. The Morgan fingerprint density at radius 3 is 2.42 bits per heavy atom. The van der Waals surface area contributed by atoms with Crippen LogP contribution >= 0.6 is 0 Å². The molecule has 0 aromatic heterocycles. The maximum absolute atomic E-state index is 13.6. The van der Waals surface area contributed by atoms with Crippen LogP contribution in [0, 0.1) is 11.7 Å². The fourth-order valence-electron chi connectivity index (χ4n) is 3.64. The number of primary amides is 1. The first-order valence-electron chi connectivity index (χ1n) is 7.89. The summed E-state index contributed by atoms with van der Waals surface area (Å²) in [6.07, 6.45) is -4.32. The molecule has 0 bridgehead atoms. The summed E-state index contributed by atoms with van der Waals surface area (Å²) in [5, 5.41) is 0. The van der Waals surface area contributed by atoms with Crippen LogP contribution in [-0.4, -0.2) is 23.8 Å². The third-order valence-electron chi connectivity index (χ3n) is 5.37. The van der Waals surface area contributed by atoms with Crippen molar-refractivity contribution in [2.75, 3.05) is 0 Å². The van der Waals surface area contributed by atoms with Crippen molar-refractivity contribution in [3.63, 3.8) is 0 Å². The highest BCUT2D eigenvalue weighted by Crippen LogP contribution is 2.55. The molecule has 0 radical (unpaired) electrons. The fourth-order valence-corrected chi connectivity index (χ4v) is 3.64. The molecule has 1 aromatic carbocycles. The molecule has 0 spiro atoms. The summed E-state index contributed by atoms with van der Waals surface area (Å²) in [6.45, 7) is 2.34. The van der Waals surface area contributed by atoms with Gasteiger partial charge in [0.15, 0.2) is 5.60 Å². The summed E-state index contributed by atoms with van der Waals surface area (Å²) in [5.41, 5.74) is 4.03. The topological polar surface area (TPSA) is 52.3 Å². The Morgan fingerprint density at radius 2 is 1.92 bits per heavy atom. The van der Waals surface area contributed by atoms with Gasteiger partial charge in [-0.15, -0.1) is 0 Å². The van der Waals surface area contributed by atoms with Gasteiger partial charge < -0.3 is 10.5 Å². The van der Waals surface area contributed by atoms with Crippen molar-refractivity contribution in [2.24, 2.45) is 11.7 Å². The van der Waals surface area contributed by atoms with E-state index in [1.807, 2.05) is 0 Å². The number of carbonyl (C=O) groups is 1. The van der Waals surface area contributed by atoms with Gasteiger partial charge in [0.25, 0.3) is 0 Å². The Kier molecular flexibility index (Phi) is 3.90. The van der Waals surface area contributed by atoms with E-state index in [1.165, 1.54) is 25.1 Å². The Labute approximate surface area is 137 Å². The van der Waals surface area contributed by atoms with Crippen molar-refractivity contribution in [3.8, 4) is 0 Å². The monoisotopic (exact) mass is 345 g/mol. The molecule has 2 fully saturated rings. The summed E-state index contributed by atoms with van der Waals surface area (Å²) in [7, 11) is 0. The third-order valence-corrected chi connectivity index (χ3v) is 5.37. The van der Waals surface area contributed by atoms with Crippen LogP contribution in [0.3, 0.4) is 0 Å². The van der Waals surface area contributed by atoms with Crippen LogP contribution in [0.25, 0.3) is 0 Å². The van der Waals surface area contributed by atoms with Gasteiger partial charge in [-0.05, 0) is 48.9 Å². The second-order valence-corrected chi connectivity index (χ2v) is 6.91. The highest BCUT2D eigenvalue weighted by molar-refractivity contribution is 5.81. The van der Waals surface area contributed by atoms with Crippen molar-refractivity contribution < 1.29 is 27.1 Å². The molecule has 1 aliphatic carbocycles. The number of carbonyl (C=O) groups excluding carboxylic acids is 1. The lowest BCUT2D eigenvalue weighted by Crippen LogP contribution is -2.47. The molecule has 1 heterocycles. The van der Waals surface area contributed by atoms with Gasteiger partial charge in [0.05, 0.1) is 0 Å². The van der Waals surface area contributed by atoms with E-state index in [4.69, 9.17) is 10.5 Å².